The molecule has 0 unspecified atom stereocenters. The smallest absolute Gasteiger partial charge is 0.226 e. The molecule has 0 aliphatic carbocycles. The van der Waals surface area contributed by atoms with Gasteiger partial charge in [-0.3, -0.25) is 4.98 Å². The zero-order chi connectivity index (χ0) is 20.3. The standard InChI is InChI=1S/C23H19N5OS/c24-21-20-19(15-7-2-1-3-8-15)18(13-17-10-6-12-29-17)30-22(20)28-23(27-21)26-14-16-9-4-5-11-25-16/h1-12H,13-14H2,(H3,24,26,27,28). The summed E-state index contributed by atoms with van der Waals surface area (Å²) >= 11 is 1.62. The Morgan fingerprint density at radius 3 is 2.60 bits per heavy atom. The first-order chi connectivity index (χ1) is 14.8. The van der Waals surface area contributed by atoms with Crippen molar-refractivity contribution in [2.75, 3.05) is 11.1 Å². The molecule has 7 heteroatoms. The van der Waals surface area contributed by atoms with Crippen molar-refractivity contribution in [3.8, 4) is 11.1 Å². The Morgan fingerprint density at radius 1 is 0.967 bits per heavy atom. The molecule has 0 aliphatic rings. The van der Waals surface area contributed by atoms with E-state index in [-0.39, 0.29) is 0 Å². The fraction of sp³-hybridized carbons (Fsp3) is 0.0870. The van der Waals surface area contributed by atoms with Crippen molar-refractivity contribution in [3.63, 3.8) is 0 Å². The predicted octanol–water partition coefficient (Wildman–Crippen LogP) is 5.13. The summed E-state index contributed by atoms with van der Waals surface area (Å²) in [5.41, 5.74) is 9.50. The maximum atomic E-state index is 6.43. The molecular formula is C23H19N5OS. The average Bonchev–Trinajstić information content (AvgIpc) is 3.42. The third-order valence-electron chi connectivity index (χ3n) is 4.78. The lowest BCUT2D eigenvalue weighted by Crippen LogP contribution is -2.06. The summed E-state index contributed by atoms with van der Waals surface area (Å²) in [5.74, 6) is 1.86. The zero-order valence-electron chi connectivity index (χ0n) is 16.1. The monoisotopic (exact) mass is 413 g/mol. The van der Waals surface area contributed by atoms with Crippen molar-refractivity contribution >= 4 is 33.3 Å². The van der Waals surface area contributed by atoms with Gasteiger partial charge in [0.2, 0.25) is 5.95 Å². The molecule has 1 aromatic carbocycles. The van der Waals surface area contributed by atoms with E-state index in [2.05, 4.69) is 27.4 Å². The molecule has 6 nitrogen and oxygen atoms in total. The van der Waals surface area contributed by atoms with Gasteiger partial charge in [-0.15, -0.1) is 11.3 Å². The molecule has 4 heterocycles. The summed E-state index contributed by atoms with van der Waals surface area (Å²) < 4.78 is 5.59. The number of aromatic nitrogens is 3. The van der Waals surface area contributed by atoms with Crippen molar-refractivity contribution in [1.82, 2.24) is 15.0 Å². The van der Waals surface area contributed by atoms with Crippen LogP contribution < -0.4 is 11.1 Å². The number of rotatable bonds is 6. The van der Waals surface area contributed by atoms with Gasteiger partial charge in [0.1, 0.15) is 16.4 Å². The number of benzene rings is 1. The van der Waals surface area contributed by atoms with Gasteiger partial charge < -0.3 is 15.5 Å². The van der Waals surface area contributed by atoms with E-state index in [9.17, 15) is 0 Å². The second kappa shape index (κ2) is 7.96. The highest BCUT2D eigenvalue weighted by Crippen LogP contribution is 2.41. The Balaban J connectivity index is 1.57. The highest BCUT2D eigenvalue weighted by molar-refractivity contribution is 7.19. The number of nitrogen functional groups attached to an aromatic ring is 1. The first-order valence-corrected chi connectivity index (χ1v) is 10.4. The molecule has 0 saturated heterocycles. The maximum absolute atomic E-state index is 6.43. The number of pyridine rings is 1. The summed E-state index contributed by atoms with van der Waals surface area (Å²) in [4.78, 5) is 15.6. The molecule has 0 amide bonds. The lowest BCUT2D eigenvalue weighted by Gasteiger charge is -2.08. The second-order valence-corrected chi connectivity index (χ2v) is 7.89. The summed E-state index contributed by atoms with van der Waals surface area (Å²) in [6.07, 6.45) is 4.13. The number of fused-ring (bicyclic) bond motifs is 1. The van der Waals surface area contributed by atoms with Gasteiger partial charge in [0.15, 0.2) is 0 Å². The Bertz CT molecular complexity index is 1270. The Kier molecular flexibility index (Phi) is 4.86. The van der Waals surface area contributed by atoms with Crippen LogP contribution in [0.4, 0.5) is 11.8 Å². The molecule has 5 aromatic rings. The second-order valence-electron chi connectivity index (χ2n) is 6.81. The van der Waals surface area contributed by atoms with Crippen molar-refractivity contribution < 1.29 is 4.42 Å². The van der Waals surface area contributed by atoms with Crippen molar-refractivity contribution in [3.05, 3.63) is 89.5 Å². The quantitative estimate of drug-likeness (QED) is 0.401. The largest absolute Gasteiger partial charge is 0.469 e. The molecule has 0 saturated carbocycles. The van der Waals surface area contributed by atoms with E-state index in [1.165, 1.54) is 0 Å². The predicted molar refractivity (Wildman–Crippen MR) is 120 cm³/mol. The lowest BCUT2D eigenvalue weighted by atomic mass is 10.0. The fourth-order valence-electron chi connectivity index (χ4n) is 3.43. The van der Waals surface area contributed by atoms with Gasteiger partial charge in [0.25, 0.3) is 0 Å². The molecule has 0 fully saturated rings. The Labute approximate surface area is 177 Å². The molecule has 3 N–H and O–H groups in total. The minimum atomic E-state index is 0.462. The number of hydrogen-bond acceptors (Lipinski definition) is 7. The number of furan rings is 1. The lowest BCUT2D eigenvalue weighted by molar-refractivity contribution is 0.522. The topological polar surface area (TPSA) is 89.9 Å². The molecule has 0 bridgehead atoms. The number of nitrogens with one attached hydrogen (secondary N) is 1. The van der Waals surface area contributed by atoms with Crippen LogP contribution in [0.15, 0.2) is 77.5 Å². The van der Waals surface area contributed by atoms with Crippen LogP contribution in [0.2, 0.25) is 0 Å². The van der Waals surface area contributed by atoms with Gasteiger partial charge in [0.05, 0.1) is 23.9 Å². The van der Waals surface area contributed by atoms with E-state index in [0.717, 1.165) is 37.7 Å². The molecule has 0 aliphatic heterocycles. The van der Waals surface area contributed by atoms with Crippen LogP contribution in [-0.2, 0) is 13.0 Å². The fourth-order valence-corrected chi connectivity index (χ4v) is 4.64. The highest BCUT2D eigenvalue weighted by Gasteiger charge is 2.20. The minimum Gasteiger partial charge on any atom is -0.469 e. The van der Waals surface area contributed by atoms with E-state index in [4.69, 9.17) is 15.1 Å². The van der Waals surface area contributed by atoms with Crippen molar-refractivity contribution in [1.29, 1.82) is 0 Å². The van der Waals surface area contributed by atoms with Gasteiger partial charge in [-0.25, -0.2) is 4.98 Å². The number of nitrogens with two attached hydrogens (primary N) is 1. The van der Waals surface area contributed by atoms with Crippen molar-refractivity contribution in [2.45, 2.75) is 13.0 Å². The minimum absolute atomic E-state index is 0.462. The van der Waals surface area contributed by atoms with E-state index in [0.29, 0.717) is 24.7 Å². The van der Waals surface area contributed by atoms with Crippen LogP contribution in [0.5, 0.6) is 0 Å². The molecule has 0 atom stereocenters. The summed E-state index contributed by atoms with van der Waals surface area (Å²) in [7, 11) is 0. The van der Waals surface area contributed by atoms with Crippen LogP contribution in [0.3, 0.4) is 0 Å². The average molecular weight is 414 g/mol. The Hall–Kier alpha value is -3.71. The molecule has 30 heavy (non-hydrogen) atoms. The number of thiophene rings is 1. The Morgan fingerprint density at radius 2 is 1.83 bits per heavy atom. The summed E-state index contributed by atoms with van der Waals surface area (Å²) in [6.45, 7) is 0.530. The normalized spacial score (nSPS) is 11.1. The van der Waals surface area contributed by atoms with Gasteiger partial charge in [0, 0.05) is 23.1 Å². The van der Waals surface area contributed by atoms with Crippen LogP contribution in [0, 0.1) is 0 Å². The summed E-state index contributed by atoms with van der Waals surface area (Å²) in [5, 5.41) is 4.12. The molecular weight excluding hydrogens is 394 g/mol. The van der Waals surface area contributed by atoms with E-state index >= 15 is 0 Å². The van der Waals surface area contributed by atoms with Crippen LogP contribution in [0.1, 0.15) is 16.3 Å². The van der Waals surface area contributed by atoms with Gasteiger partial charge in [-0.2, -0.15) is 4.98 Å². The van der Waals surface area contributed by atoms with Crippen LogP contribution >= 0.6 is 11.3 Å². The summed E-state index contributed by atoms with van der Waals surface area (Å²) in [6, 6.07) is 19.9. The molecule has 5 rings (SSSR count). The van der Waals surface area contributed by atoms with E-state index < -0.39 is 0 Å². The molecule has 4 aromatic heterocycles. The first kappa shape index (κ1) is 18.3. The molecule has 148 valence electrons. The number of nitrogens with zero attached hydrogens (tertiary/aromatic N) is 3. The van der Waals surface area contributed by atoms with Crippen LogP contribution in [-0.4, -0.2) is 15.0 Å². The number of anilines is 2. The third-order valence-corrected chi connectivity index (χ3v) is 5.87. The van der Waals surface area contributed by atoms with Gasteiger partial charge in [-0.1, -0.05) is 36.4 Å². The van der Waals surface area contributed by atoms with Crippen molar-refractivity contribution in [2.24, 2.45) is 0 Å². The van der Waals surface area contributed by atoms with Crippen LogP contribution in [0.25, 0.3) is 21.3 Å². The number of hydrogen-bond donors (Lipinski definition) is 2. The molecule has 0 radical (unpaired) electrons. The first-order valence-electron chi connectivity index (χ1n) is 9.58. The third kappa shape index (κ3) is 3.62. The molecule has 0 spiro atoms. The SMILES string of the molecule is Nc1nc(NCc2ccccn2)nc2sc(Cc3ccco3)c(-c3ccccc3)c12. The zero-order valence-corrected chi connectivity index (χ0v) is 16.9. The van der Waals surface area contributed by atoms with Gasteiger partial charge >= 0.3 is 0 Å². The van der Waals surface area contributed by atoms with E-state index in [1.807, 2.05) is 48.5 Å². The van der Waals surface area contributed by atoms with E-state index in [1.54, 1.807) is 23.8 Å². The van der Waals surface area contributed by atoms with Gasteiger partial charge in [-0.05, 0) is 29.8 Å². The highest BCUT2D eigenvalue weighted by atomic mass is 32.1. The maximum Gasteiger partial charge on any atom is 0.226 e.